The van der Waals surface area contributed by atoms with Crippen molar-refractivity contribution in [2.24, 2.45) is 0 Å². The Labute approximate surface area is 290 Å². The van der Waals surface area contributed by atoms with Crippen molar-refractivity contribution in [3.8, 4) is 0 Å². The molecule has 0 spiro atoms. The number of hydrogen-bond acceptors (Lipinski definition) is 7. The number of rotatable bonds is 36. The molecule has 0 aromatic carbocycles. The van der Waals surface area contributed by atoms with Crippen LogP contribution < -0.4 is 0 Å². The zero-order valence-corrected chi connectivity index (χ0v) is 31.3. The number of unbranched alkanes of at least 4 members (excludes halogenated alkanes) is 16. The van der Waals surface area contributed by atoms with Crippen molar-refractivity contribution in [1.29, 1.82) is 0 Å². The van der Waals surface area contributed by atoms with Crippen LogP contribution in [0.3, 0.4) is 0 Å². The molecule has 1 atom stereocenters. The SMILES string of the molecule is CCCCCC/C=C\COC(=O)CCCCCCCCOC(CCOCCCCCCC(=O)OC/C=C\CCCCCC)CN(C)C. The summed E-state index contributed by atoms with van der Waals surface area (Å²) in [6.45, 7) is 8.42. The molecule has 0 saturated carbocycles. The molecule has 0 heterocycles. The summed E-state index contributed by atoms with van der Waals surface area (Å²) >= 11 is 0. The molecule has 0 fully saturated rings. The summed E-state index contributed by atoms with van der Waals surface area (Å²) in [4.78, 5) is 25.9. The number of allylic oxidation sites excluding steroid dienone is 2. The number of carbonyl (C=O) groups is 2. The van der Waals surface area contributed by atoms with Gasteiger partial charge in [-0.3, -0.25) is 9.59 Å². The molecule has 7 heteroatoms. The Balaban J connectivity index is 3.65. The van der Waals surface area contributed by atoms with Gasteiger partial charge in [-0.05, 0) is 71.9 Å². The van der Waals surface area contributed by atoms with Gasteiger partial charge < -0.3 is 23.8 Å². The largest absolute Gasteiger partial charge is 0.461 e. The quantitative estimate of drug-likeness (QED) is 0.0375. The van der Waals surface area contributed by atoms with E-state index in [2.05, 4.69) is 45.0 Å². The molecule has 0 N–H and O–H groups in total. The van der Waals surface area contributed by atoms with Crippen LogP contribution in [0.5, 0.6) is 0 Å². The van der Waals surface area contributed by atoms with Crippen molar-refractivity contribution in [1.82, 2.24) is 4.90 Å². The second-order valence-electron chi connectivity index (χ2n) is 13.2. The van der Waals surface area contributed by atoms with Crippen molar-refractivity contribution in [2.45, 2.75) is 168 Å². The Kier molecular flexibility index (Phi) is 35.8. The monoisotopic (exact) mass is 666 g/mol. The average Bonchev–Trinajstić information content (AvgIpc) is 3.05. The minimum atomic E-state index is -0.0925. The first kappa shape index (κ1) is 45.3. The first-order chi connectivity index (χ1) is 23.0. The van der Waals surface area contributed by atoms with Gasteiger partial charge >= 0.3 is 11.9 Å². The minimum absolute atomic E-state index is 0.0776. The lowest BCUT2D eigenvalue weighted by Gasteiger charge is -2.21. The van der Waals surface area contributed by atoms with E-state index in [1.54, 1.807) is 0 Å². The van der Waals surface area contributed by atoms with Gasteiger partial charge in [-0.15, -0.1) is 0 Å². The fraction of sp³-hybridized carbons (Fsp3) is 0.850. The highest BCUT2D eigenvalue weighted by atomic mass is 16.5. The third kappa shape index (κ3) is 37.0. The van der Waals surface area contributed by atoms with E-state index in [0.29, 0.717) is 32.7 Å². The first-order valence-electron chi connectivity index (χ1n) is 19.4. The van der Waals surface area contributed by atoms with Crippen LogP contribution in [0.1, 0.15) is 162 Å². The molecule has 0 aliphatic heterocycles. The average molecular weight is 666 g/mol. The Bertz CT molecular complexity index is 682. The molecule has 0 aliphatic carbocycles. The molecule has 0 amide bonds. The minimum Gasteiger partial charge on any atom is -0.461 e. The molecule has 0 radical (unpaired) electrons. The molecule has 0 bridgehead atoms. The van der Waals surface area contributed by atoms with E-state index in [1.165, 1.54) is 57.8 Å². The van der Waals surface area contributed by atoms with E-state index in [0.717, 1.165) is 96.8 Å². The molecule has 0 aliphatic rings. The fourth-order valence-electron chi connectivity index (χ4n) is 5.28. The van der Waals surface area contributed by atoms with Crippen molar-refractivity contribution < 1.29 is 28.5 Å². The van der Waals surface area contributed by atoms with Crippen LogP contribution in [-0.4, -0.2) is 76.6 Å². The van der Waals surface area contributed by atoms with E-state index in [9.17, 15) is 9.59 Å². The lowest BCUT2D eigenvalue weighted by Crippen LogP contribution is -2.30. The van der Waals surface area contributed by atoms with Crippen LogP contribution >= 0.6 is 0 Å². The summed E-state index contributed by atoms with van der Waals surface area (Å²) in [5.74, 6) is -0.170. The number of esters is 2. The molecule has 0 aromatic heterocycles. The maximum atomic E-state index is 11.9. The highest BCUT2D eigenvalue weighted by Gasteiger charge is 2.11. The Hall–Kier alpha value is -1.70. The first-order valence-corrected chi connectivity index (χ1v) is 19.4. The molecule has 7 nitrogen and oxygen atoms in total. The van der Waals surface area contributed by atoms with Crippen LogP contribution in [-0.2, 0) is 28.5 Å². The summed E-state index contributed by atoms with van der Waals surface area (Å²) in [6.07, 6.45) is 33.1. The summed E-state index contributed by atoms with van der Waals surface area (Å²) < 4.78 is 22.7. The Morgan fingerprint density at radius 1 is 0.553 bits per heavy atom. The zero-order chi connectivity index (χ0) is 34.5. The van der Waals surface area contributed by atoms with Crippen molar-refractivity contribution in [2.75, 3.05) is 53.7 Å². The molecule has 1 unspecified atom stereocenters. The van der Waals surface area contributed by atoms with Crippen LogP contribution in [0.25, 0.3) is 0 Å². The summed E-state index contributed by atoms with van der Waals surface area (Å²) in [5.41, 5.74) is 0. The number of hydrogen-bond donors (Lipinski definition) is 0. The highest BCUT2D eigenvalue weighted by molar-refractivity contribution is 5.69. The number of ether oxygens (including phenoxy) is 4. The maximum Gasteiger partial charge on any atom is 0.306 e. The van der Waals surface area contributed by atoms with Crippen LogP contribution in [0.15, 0.2) is 24.3 Å². The lowest BCUT2D eigenvalue weighted by atomic mass is 10.1. The number of nitrogens with zero attached hydrogens (tertiary/aromatic N) is 1. The molecule has 0 aromatic rings. The fourth-order valence-corrected chi connectivity index (χ4v) is 5.28. The van der Waals surface area contributed by atoms with E-state index < -0.39 is 0 Å². The second-order valence-corrected chi connectivity index (χ2v) is 13.2. The number of carbonyl (C=O) groups excluding carboxylic acids is 2. The lowest BCUT2D eigenvalue weighted by molar-refractivity contribution is -0.143. The summed E-state index contributed by atoms with van der Waals surface area (Å²) in [7, 11) is 4.17. The van der Waals surface area contributed by atoms with Gasteiger partial charge in [-0.25, -0.2) is 0 Å². The normalized spacial score (nSPS) is 12.4. The van der Waals surface area contributed by atoms with Crippen molar-refractivity contribution in [3.63, 3.8) is 0 Å². The van der Waals surface area contributed by atoms with Gasteiger partial charge in [0.05, 0.1) is 6.10 Å². The molecule has 47 heavy (non-hydrogen) atoms. The summed E-state index contributed by atoms with van der Waals surface area (Å²) in [6, 6.07) is 0. The number of likely N-dealkylation sites (N-methyl/N-ethyl adjacent to an activating group) is 1. The highest BCUT2D eigenvalue weighted by Crippen LogP contribution is 2.11. The van der Waals surface area contributed by atoms with Gasteiger partial charge in [0.15, 0.2) is 0 Å². The maximum absolute atomic E-state index is 11.9. The molecule has 0 rings (SSSR count). The topological polar surface area (TPSA) is 74.3 Å². The van der Waals surface area contributed by atoms with Gasteiger partial charge in [0.2, 0.25) is 0 Å². The third-order valence-electron chi connectivity index (χ3n) is 8.16. The third-order valence-corrected chi connectivity index (χ3v) is 8.16. The predicted molar refractivity (Wildman–Crippen MR) is 197 cm³/mol. The van der Waals surface area contributed by atoms with Crippen LogP contribution in [0, 0.1) is 0 Å². The van der Waals surface area contributed by atoms with Gasteiger partial charge in [0.1, 0.15) is 13.2 Å². The van der Waals surface area contributed by atoms with E-state index in [4.69, 9.17) is 18.9 Å². The van der Waals surface area contributed by atoms with Crippen LogP contribution in [0.4, 0.5) is 0 Å². The zero-order valence-electron chi connectivity index (χ0n) is 31.3. The van der Waals surface area contributed by atoms with E-state index in [-0.39, 0.29) is 18.0 Å². The van der Waals surface area contributed by atoms with Crippen LogP contribution in [0.2, 0.25) is 0 Å². The molecule has 0 saturated heterocycles. The molecular weight excluding hydrogens is 590 g/mol. The van der Waals surface area contributed by atoms with E-state index >= 15 is 0 Å². The van der Waals surface area contributed by atoms with E-state index in [1.807, 2.05) is 12.2 Å². The Morgan fingerprint density at radius 2 is 1.02 bits per heavy atom. The van der Waals surface area contributed by atoms with Gasteiger partial charge in [-0.1, -0.05) is 115 Å². The smallest absolute Gasteiger partial charge is 0.306 e. The van der Waals surface area contributed by atoms with Gasteiger partial charge in [0, 0.05) is 39.2 Å². The van der Waals surface area contributed by atoms with Gasteiger partial charge in [0.25, 0.3) is 0 Å². The van der Waals surface area contributed by atoms with Crippen molar-refractivity contribution >= 4 is 11.9 Å². The molecule has 276 valence electrons. The predicted octanol–water partition coefficient (Wildman–Crippen LogP) is 10.2. The standard InChI is InChI=1S/C40H75NO6/c1-5-7-9-11-14-20-27-34-46-39(42)29-23-17-13-16-19-26-33-45-38(37-41(3)4)31-36-44-32-25-22-18-24-30-40(43)47-35-28-21-15-12-10-8-6-2/h20-21,27-28,38H,5-19,22-26,29-37H2,1-4H3/b27-20-,28-21-. The molecular formula is C40H75NO6. The Morgan fingerprint density at radius 3 is 1.53 bits per heavy atom. The van der Waals surface area contributed by atoms with Crippen molar-refractivity contribution in [3.05, 3.63) is 24.3 Å². The van der Waals surface area contributed by atoms with Gasteiger partial charge in [-0.2, -0.15) is 0 Å². The summed E-state index contributed by atoms with van der Waals surface area (Å²) in [5, 5.41) is 0. The second kappa shape index (κ2) is 37.1.